The summed E-state index contributed by atoms with van der Waals surface area (Å²) in [7, 11) is 2.02. The van der Waals surface area contributed by atoms with Gasteiger partial charge in [-0.05, 0) is 42.8 Å². The van der Waals surface area contributed by atoms with E-state index >= 15 is 0 Å². The average Bonchev–Trinajstić information content (AvgIpc) is 3.16. The van der Waals surface area contributed by atoms with Crippen LogP contribution in [0, 0.1) is 6.92 Å². The third kappa shape index (κ3) is 1.90. The molecule has 0 saturated carbocycles. The lowest BCUT2D eigenvalue weighted by atomic mass is 10.1. The zero-order valence-electron chi connectivity index (χ0n) is 12.4. The number of hydrogen-bond acceptors (Lipinski definition) is 3. The van der Waals surface area contributed by atoms with Crippen LogP contribution in [-0.4, -0.2) is 24.1 Å². The third-order valence-electron chi connectivity index (χ3n) is 3.91. The first-order valence-electron chi connectivity index (χ1n) is 7.11. The van der Waals surface area contributed by atoms with Crippen LogP contribution in [0.15, 0.2) is 55.2 Å². The lowest BCUT2D eigenvalue weighted by Gasteiger charge is -2.09. The van der Waals surface area contributed by atoms with Gasteiger partial charge in [0.25, 0.3) is 0 Å². The normalized spacial score (nSPS) is 11.2. The molecule has 3 heterocycles. The van der Waals surface area contributed by atoms with Gasteiger partial charge in [0.2, 0.25) is 0 Å². The lowest BCUT2D eigenvalue weighted by Crippen LogP contribution is -1.97. The van der Waals surface area contributed by atoms with Gasteiger partial charge in [0.1, 0.15) is 5.82 Å². The Hall–Kier alpha value is -2.95. The monoisotopic (exact) mass is 289 g/mol. The smallest absolute Gasteiger partial charge is 0.178 e. The van der Waals surface area contributed by atoms with E-state index in [4.69, 9.17) is 0 Å². The summed E-state index contributed by atoms with van der Waals surface area (Å²) < 4.78 is 4.08. The summed E-state index contributed by atoms with van der Waals surface area (Å²) in [6.07, 6.45) is 7.29. The molecule has 0 radical (unpaired) electrons. The van der Waals surface area contributed by atoms with Crippen molar-refractivity contribution in [3.63, 3.8) is 0 Å². The Balaban J connectivity index is 1.86. The second-order valence-electron chi connectivity index (χ2n) is 5.31. The highest BCUT2D eigenvalue weighted by Gasteiger charge is 2.12. The van der Waals surface area contributed by atoms with Crippen LogP contribution >= 0.6 is 0 Å². The minimum Gasteiger partial charge on any atom is -0.326 e. The molecule has 1 aromatic carbocycles. The Labute approximate surface area is 127 Å². The molecular weight excluding hydrogens is 274 g/mol. The van der Waals surface area contributed by atoms with E-state index in [9.17, 15) is 0 Å². The van der Waals surface area contributed by atoms with Crippen molar-refractivity contribution in [3.8, 4) is 17.1 Å². The van der Waals surface area contributed by atoms with Crippen LogP contribution in [0.25, 0.3) is 28.2 Å². The van der Waals surface area contributed by atoms with Crippen molar-refractivity contribution in [1.29, 1.82) is 0 Å². The first-order valence-corrected chi connectivity index (χ1v) is 7.11. The summed E-state index contributed by atoms with van der Waals surface area (Å²) in [5, 5.41) is 0. The first-order chi connectivity index (χ1) is 10.7. The van der Waals surface area contributed by atoms with Crippen molar-refractivity contribution in [2.75, 3.05) is 0 Å². The fourth-order valence-corrected chi connectivity index (χ4v) is 2.74. The average molecular weight is 289 g/mol. The van der Waals surface area contributed by atoms with E-state index in [0.717, 1.165) is 28.2 Å². The molecule has 0 saturated heterocycles. The summed E-state index contributed by atoms with van der Waals surface area (Å²) in [4.78, 5) is 13.1. The highest BCUT2D eigenvalue weighted by atomic mass is 15.1. The molecule has 4 aromatic rings. The van der Waals surface area contributed by atoms with Crippen LogP contribution in [0.1, 0.15) is 5.56 Å². The molecule has 0 fully saturated rings. The molecule has 0 unspecified atom stereocenters. The van der Waals surface area contributed by atoms with Gasteiger partial charge < -0.3 is 9.13 Å². The van der Waals surface area contributed by atoms with Crippen LogP contribution in [0.2, 0.25) is 0 Å². The van der Waals surface area contributed by atoms with E-state index in [-0.39, 0.29) is 0 Å². The van der Waals surface area contributed by atoms with Crippen LogP contribution in [0.5, 0.6) is 0 Å². The molecule has 3 aromatic heterocycles. The molecule has 4 rings (SSSR count). The molecule has 5 heteroatoms. The van der Waals surface area contributed by atoms with Gasteiger partial charge in [0.05, 0.1) is 11.8 Å². The van der Waals surface area contributed by atoms with Crippen molar-refractivity contribution in [2.24, 2.45) is 7.05 Å². The summed E-state index contributed by atoms with van der Waals surface area (Å²) >= 11 is 0. The standard InChI is InChI=1S/C17H15N5/c1-12-10-13(22-9-8-18-11-22)5-6-14(12)17-20-16-15(21(17)2)4-3-7-19-16/h3-11H,1-2H3. The summed E-state index contributed by atoms with van der Waals surface area (Å²) in [6, 6.07) is 10.3. The first kappa shape index (κ1) is 12.8. The maximum Gasteiger partial charge on any atom is 0.178 e. The molecule has 22 heavy (non-hydrogen) atoms. The number of pyridine rings is 1. The van der Waals surface area contributed by atoms with E-state index in [1.165, 1.54) is 5.56 Å². The van der Waals surface area contributed by atoms with E-state index in [1.54, 1.807) is 18.7 Å². The Morgan fingerprint density at radius 2 is 2.00 bits per heavy atom. The number of hydrogen-bond donors (Lipinski definition) is 0. The van der Waals surface area contributed by atoms with Crippen LogP contribution in [0.3, 0.4) is 0 Å². The minimum absolute atomic E-state index is 0.776. The number of fused-ring (bicyclic) bond motifs is 1. The number of aromatic nitrogens is 5. The second-order valence-corrected chi connectivity index (χ2v) is 5.31. The predicted molar refractivity (Wildman–Crippen MR) is 85.8 cm³/mol. The lowest BCUT2D eigenvalue weighted by molar-refractivity contribution is 0.956. The van der Waals surface area contributed by atoms with Crippen molar-refractivity contribution in [1.82, 2.24) is 24.1 Å². The largest absolute Gasteiger partial charge is 0.326 e. The minimum atomic E-state index is 0.776. The quantitative estimate of drug-likeness (QED) is 0.569. The summed E-state index contributed by atoms with van der Waals surface area (Å²) in [5.74, 6) is 0.934. The highest BCUT2D eigenvalue weighted by molar-refractivity contribution is 5.78. The maximum atomic E-state index is 4.67. The van der Waals surface area contributed by atoms with E-state index in [1.807, 2.05) is 29.9 Å². The molecule has 0 N–H and O–H groups in total. The van der Waals surface area contributed by atoms with Gasteiger partial charge in [-0.2, -0.15) is 0 Å². The third-order valence-corrected chi connectivity index (χ3v) is 3.91. The van der Waals surface area contributed by atoms with Gasteiger partial charge in [-0.1, -0.05) is 0 Å². The molecule has 0 aliphatic rings. The Morgan fingerprint density at radius 3 is 2.73 bits per heavy atom. The van der Waals surface area contributed by atoms with Crippen LogP contribution in [-0.2, 0) is 7.05 Å². The molecular formula is C17H15N5. The van der Waals surface area contributed by atoms with Crippen molar-refractivity contribution >= 4 is 11.2 Å². The summed E-state index contributed by atoms with van der Waals surface area (Å²) in [6.45, 7) is 2.10. The molecule has 0 atom stereocenters. The fourth-order valence-electron chi connectivity index (χ4n) is 2.74. The van der Waals surface area contributed by atoms with Crippen LogP contribution in [0.4, 0.5) is 0 Å². The SMILES string of the molecule is Cc1cc(-n2ccnc2)ccc1-c1nc2ncccc2n1C. The molecule has 0 bridgehead atoms. The number of rotatable bonds is 2. The fraction of sp³-hybridized carbons (Fsp3) is 0.118. The van der Waals surface area contributed by atoms with Gasteiger partial charge in [-0.15, -0.1) is 0 Å². The zero-order valence-corrected chi connectivity index (χ0v) is 12.4. The molecule has 108 valence electrons. The topological polar surface area (TPSA) is 48.5 Å². The van der Waals surface area contributed by atoms with Crippen molar-refractivity contribution in [2.45, 2.75) is 6.92 Å². The molecule has 5 nitrogen and oxygen atoms in total. The van der Waals surface area contributed by atoms with E-state index in [2.05, 4.69) is 44.6 Å². The molecule has 0 spiro atoms. The highest BCUT2D eigenvalue weighted by Crippen LogP contribution is 2.27. The number of aryl methyl sites for hydroxylation is 2. The second kappa shape index (κ2) is 4.80. The molecule has 0 aliphatic heterocycles. The number of benzene rings is 1. The molecule has 0 amide bonds. The van der Waals surface area contributed by atoms with Gasteiger partial charge in [-0.25, -0.2) is 15.0 Å². The summed E-state index contributed by atoms with van der Waals surface area (Å²) in [5.41, 5.74) is 5.19. The number of nitrogens with zero attached hydrogens (tertiary/aromatic N) is 5. The van der Waals surface area contributed by atoms with Gasteiger partial charge >= 0.3 is 0 Å². The van der Waals surface area contributed by atoms with Gasteiger partial charge in [0, 0.05) is 36.9 Å². The Morgan fingerprint density at radius 1 is 1.09 bits per heavy atom. The molecule has 0 aliphatic carbocycles. The maximum absolute atomic E-state index is 4.67. The zero-order chi connectivity index (χ0) is 15.1. The Kier molecular flexibility index (Phi) is 2.79. The van der Waals surface area contributed by atoms with Gasteiger partial charge in [-0.3, -0.25) is 0 Å². The van der Waals surface area contributed by atoms with Crippen molar-refractivity contribution < 1.29 is 0 Å². The predicted octanol–water partition coefficient (Wildman–Crippen LogP) is 3.13. The number of imidazole rings is 2. The van der Waals surface area contributed by atoms with E-state index in [0.29, 0.717) is 0 Å². The van der Waals surface area contributed by atoms with Crippen LogP contribution < -0.4 is 0 Å². The van der Waals surface area contributed by atoms with E-state index < -0.39 is 0 Å². The van der Waals surface area contributed by atoms with Crippen molar-refractivity contribution in [3.05, 3.63) is 60.8 Å². The Bertz CT molecular complexity index is 951. The van der Waals surface area contributed by atoms with Gasteiger partial charge in [0.15, 0.2) is 5.65 Å².